The number of aromatic carboxylic acids is 2. The molecule has 6 nitrogen and oxygen atoms in total. The third kappa shape index (κ3) is 28.0. The van der Waals surface area contributed by atoms with Crippen molar-refractivity contribution in [3.8, 4) is 0 Å². The van der Waals surface area contributed by atoms with Gasteiger partial charge in [-0.3, -0.25) is 0 Å². The Morgan fingerprint density at radius 2 is 0.672 bits per heavy atom. The molecule has 1 N–H and O–H groups in total. The fourth-order valence-corrected chi connectivity index (χ4v) is 10.1. The zero-order chi connectivity index (χ0) is 44.7. The number of unbranched alkanes of at least 4 members (excludes halogenated alkanes) is 28. The summed E-state index contributed by atoms with van der Waals surface area (Å²) in [6.07, 6.45) is 46.7. The largest absolute Gasteiger partial charge is 0.545 e. The van der Waals surface area contributed by atoms with E-state index < -0.39 is 22.7 Å². The summed E-state index contributed by atoms with van der Waals surface area (Å²) in [7, 11) is -1.91. The first kappa shape index (κ1) is 56.5. The lowest BCUT2D eigenvalue weighted by atomic mass is 10.0. The fourth-order valence-electron chi connectivity index (χ4n) is 8.72. The minimum Gasteiger partial charge on any atom is -0.545 e. The summed E-state index contributed by atoms with van der Waals surface area (Å²) in [6, 6.07) is 11.4. The molecule has 0 radical (unpaired) electrons. The van der Waals surface area contributed by atoms with E-state index in [0.717, 1.165) is 0 Å². The average Bonchev–Trinajstić information content (AvgIpc) is 3.27. The summed E-state index contributed by atoms with van der Waals surface area (Å²) < 4.78 is 13.9. The van der Waals surface area contributed by atoms with Crippen LogP contribution in [0.3, 0.4) is 0 Å². The molecule has 7 heteroatoms. The number of carbonyl (C=O) groups excluding carboxylic acids is 1. The van der Waals surface area contributed by atoms with Crippen molar-refractivity contribution in [1.29, 1.82) is 0 Å². The minimum absolute atomic E-state index is 0.0150. The predicted octanol–water partition coefficient (Wildman–Crippen LogP) is 15.3. The Bertz CT molecular complexity index is 1230. The second-order valence-corrected chi connectivity index (χ2v) is 19.4. The van der Waals surface area contributed by atoms with Gasteiger partial charge in [-0.1, -0.05) is 212 Å². The first-order chi connectivity index (χ1) is 29.8. The highest BCUT2D eigenvalue weighted by atomic mass is 32.2. The van der Waals surface area contributed by atoms with Crippen LogP contribution in [0.5, 0.6) is 0 Å². The number of carbonyl (C=O) groups is 2. The van der Waals surface area contributed by atoms with Gasteiger partial charge in [-0.05, 0) is 69.6 Å². The van der Waals surface area contributed by atoms with Crippen LogP contribution in [0.25, 0.3) is 0 Å². The van der Waals surface area contributed by atoms with Crippen LogP contribution < -0.4 is 5.11 Å². The lowest BCUT2D eigenvalue weighted by Crippen LogP contribution is -2.50. The van der Waals surface area contributed by atoms with Crippen molar-refractivity contribution in [2.24, 2.45) is 0 Å². The monoisotopic (exact) mass is 868 g/mol. The van der Waals surface area contributed by atoms with Crippen LogP contribution in [-0.2, 0) is 10.8 Å². The maximum Gasteiger partial charge on any atom is 0.336 e. The van der Waals surface area contributed by atoms with E-state index in [-0.39, 0.29) is 20.9 Å². The molecular weight excluding hydrogens is 775 g/mol. The molecule has 1 atom stereocenters. The van der Waals surface area contributed by atoms with Gasteiger partial charge in [0.05, 0.1) is 58.3 Å². The summed E-state index contributed by atoms with van der Waals surface area (Å²) in [4.78, 5) is 22.2. The van der Waals surface area contributed by atoms with Gasteiger partial charge in [0, 0.05) is 5.56 Å². The van der Waals surface area contributed by atoms with Crippen LogP contribution in [0.4, 0.5) is 0 Å². The molecule has 2 aromatic rings. The van der Waals surface area contributed by atoms with Gasteiger partial charge >= 0.3 is 5.97 Å². The normalized spacial score (nSPS) is 11.9. The van der Waals surface area contributed by atoms with E-state index in [9.17, 15) is 18.9 Å². The molecule has 0 bridgehead atoms. The number of hydrogen-bond donors (Lipinski definition) is 1. The number of carboxylic acids is 2. The van der Waals surface area contributed by atoms with Gasteiger partial charge in [0.1, 0.15) is 0 Å². The first-order valence-electron chi connectivity index (χ1n) is 25.7. The van der Waals surface area contributed by atoms with Crippen LogP contribution in [0.1, 0.15) is 254 Å². The maximum atomic E-state index is 12.5. The van der Waals surface area contributed by atoms with E-state index in [1.165, 1.54) is 279 Å². The summed E-state index contributed by atoms with van der Waals surface area (Å²) >= 11 is 0. The van der Waals surface area contributed by atoms with Crippen LogP contribution in [0.15, 0.2) is 58.3 Å². The van der Waals surface area contributed by atoms with Gasteiger partial charge in [0.25, 0.3) is 0 Å². The molecular formula is C54H93NO5S. The molecule has 0 fully saturated rings. The highest BCUT2D eigenvalue weighted by molar-refractivity contribution is 7.85. The topological polar surface area (TPSA) is 94.5 Å². The molecule has 0 aliphatic heterocycles. The molecule has 0 aliphatic rings. The smallest absolute Gasteiger partial charge is 0.336 e. The Labute approximate surface area is 378 Å². The number of hydrogen-bond acceptors (Lipinski definition) is 4. The molecule has 0 aliphatic carbocycles. The zero-order valence-corrected chi connectivity index (χ0v) is 40.8. The van der Waals surface area contributed by atoms with E-state index >= 15 is 0 Å². The number of carboxylic acid groups (broad SMARTS) is 2. The molecule has 0 spiro atoms. The minimum atomic E-state index is -1.91. The van der Waals surface area contributed by atoms with Crippen molar-refractivity contribution >= 4 is 22.7 Å². The molecule has 0 aromatic heterocycles. The summed E-state index contributed by atoms with van der Waals surface area (Å²) in [5, 5.41) is 20.1. The second kappa shape index (κ2) is 39.1. The van der Waals surface area contributed by atoms with E-state index in [0.29, 0.717) is 0 Å². The van der Waals surface area contributed by atoms with Gasteiger partial charge in [-0.25, -0.2) is 9.00 Å². The number of quaternary nitrogens is 1. The van der Waals surface area contributed by atoms with Crippen molar-refractivity contribution in [2.75, 3.05) is 26.2 Å². The quantitative estimate of drug-likeness (QED) is 0.0532. The Balaban J connectivity index is 0.000000766. The Morgan fingerprint density at radius 3 is 0.951 bits per heavy atom. The molecule has 2 aromatic carbocycles. The van der Waals surface area contributed by atoms with Gasteiger partial charge < -0.3 is 19.5 Å². The Morgan fingerprint density at radius 1 is 0.426 bits per heavy atom. The summed E-state index contributed by atoms with van der Waals surface area (Å²) in [6.45, 7) is 15.3. The van der Waals surface area contributed by atoms with Gasteiger partial charge in [0.2, 0.25) is 0 Å². The van der Waals surface area contributed by atoms with Gasteiger partial charge in [-0.2, -0.15) is 0 Å². The molecule has 61 heavy (non-hydrogen) atoms. The summed E-state index contributed by atoms with van der Waals surface area (Å²) in [5.74, 6) is -2.68. The average molecular weight is 868 g/mol. The highest BCUT2D eigenvalue weighted by Gasteiger charge is 2.26. The third-order valence-corrected chi connectivity index (χ3v) is 14.1. The Hall–Kier alpha value is -2.51. The van der Waals surface area contributed by atoms with E-state index in [4.69, 9.17) is 5.11 Å². The van der Waals surface area contributed by atoms with Crippen molar-refractivity contribution in [1.82, 2.24) is 0 Å². The van der Waals surface area contributed by atoms with Crippen LogP contribution >= 0.6 is 0 Å². The lowest BCUT2D eigenvalue weighted by Gasteiger charge is -2.40. The Kier molecular flexibility index (Phi) is 36.2. The second-order valence-electron chi connectivity index (χ2n) is 18.0. The molecule has 0 saturated heterocycles. The fraction of sp³-hybridized carbons (Fsp3) is 0.741. The number of nitrogens with zero attached hydrogens (tertiary/aromatic N) is 1. The van der Waals surface area contributed by atoms with Gasteiger partial charge in [-0.15, -0.1) is 0 Å². The van der Waals surface area contributed by atoms with Crippen molar-refractivity contribution in [2.45, 2.75) is 243 Å². The first-order valence-corrected chi connectivity index (χ1v) is 26.8. The maximum absolute atomic E-state index is 12.5. The van der Waals surface area contributed by atoms with Crippen molar-refractivity contribution < 1.29 is 28.5 Å². The molecule has 0 amide bonds. The lowest BCUT2D eigenvalue weighted by molar-refractivity contribution is -0.929. The van der Waals surface area contributed by atoms with Crippen LogP contribution in [-0.4, -0.2) is 51.9 Å². The van der Waals surface area contributed by atoms with Crippen molar-refractivity contribution in [3.05, 3.63) is 59.7 Å². The third-order valence-electron chi connectivity index (χ3n) is 12.6. The van der Waals surface area contributed by atoms with E-state index in [2.05, 4.69) is 27.7 Å². The van der Waals surface area contributed by atoms with Crippen molar-refractivity contribution in [3.63, 3.8) is 0 Å². The van der Waals surface area contributed by atoms with Crippen LogP contribution in [0.2, 0.25) is 0 Å². The standard InChI is InChI=1S/C40H84N.C14H10O5S/c1-5-9-13-17-21-25-29-33-37-41(38-34-30-26-22-18-14-10-6-2,39-35-31-27-23-19-15-11-7-3)40-36-32-28-24-20-16-12-8-4;15-13(16)9-5-1-3-7-11(9)20(19)12-8-4-2-6-10(12)14(17)18/h5-40H2,1-4H3;1-8H,(H,15,16)(H,17,18)/q+1;/p-1. The zero-order valence-electron chi connectivity index (χ0n) is 40.0. The SMILES string of the molecule is CCCCCCCCCC[N+](CCCCCCCCCC)(CCCCCCCCCC)CCCCCCCCCC.O=C([O-])c1ccccc1S(=O)c1ccccc1C(=O)O. The predicted molar refractivity (Wildman–Crippen MR) is 259 cm³/mol. The molecule has 0 heterocycles. The van der Waals surface area contributed by atoms with E-state index in [1.807, 2.05) is 0 Å². The summed E-state index contributed by atoms with van der Waals surface area (Å²) in [5.41, 5.74) is -0.343. The number of rotatable bonds is 40. The van der Waals surface area contributed by atoms with Crippen LogP contribution in [0, 0.1) is 0 Å². The molecule has 1 unspecified atom stereocenters. The molecule has 2 rings (SSSR count). The van der Waals surface area contributed by atoms with Gasteiger partial charge in [0.15, 0.2) is 0 Å². The molecule has 350 valence electrons. The van der Waals surface area contributed by atoms with E-state index in [1.54, 1.807) is 6.07 Å². The highest BCUT2D eigenvalue weighted by Crippen LogP contribution is 2.24. The molecule has 0 saturated carbocycles. The number of benzene rings is 2.